The second kappa shape index (κ2) is 6.77. The fraction of sp³-hybridized carbons (Fsp3) is 0.474. The molecule has 1 aliphatic heterocycles. The highest BCUT2D eigenvalue weighted by atomic mass is 16.2. The molecule has 1 saturated heterocycles. The largest absolute Gasteiger partial charge is 0.340 e. The zero-order chi connectivity index (χ0) is 16.4. The van der Waals surface area contributed by atoms with Crippen molar-refractivity contribution < 1.29 is 4.79 Å². The van der Waals surface area contributed by atoms with Gasteiger partial charge in [0.15, 0.2) is 0 Å². The number of imidazole rings is 1. The second-order valence-electron chi connectivity index (χ2n) is 6.76. The van der Waals surface area contributed by atoms with Crippen molar-refractivity contribution in [1.29, 1.82) is 0 Å². The fourth-order valence-electron chi connectivity index (χ4n) is 3.73. The van der Waals surface area contributed by atoms with Gasteiger partial charge < -0.3 is 9.30 Å². The van der Waals surface area contributed by atoms with Gasteiger partial charge in [0, 0.05) is 44.8 Å². The van der Waals surface area contributed by atoms with E-state index in [2.05, 4.69) is 37.5 Å². The average Bonchev–Trinajstić information content (AvgIpc) is 3.06. The number of amides is 1. The van der Waals surface area contributed by atoms with Crippen molar-refractivity contribution in [3.8, 4) is 0 Å². The maximum absolute atomic E-state index is 12.6. The van der Waals surface area contributed by atoms with Crippen molar-refractivity contribution in [2.24, 2.45) is 5.92 Å². The van der Waals surface area contributed by atoms with Crippen LogP contribution in [0.5, 0.6) is 0 Å². The number of nitrogens with zero attached hydrogens (tertiary/aromatic N) is 4. The lowest BCUT2D eigenvalue weighted by Crippen LogP contribution is -2.50. The van der Waals surface area contributed by atoms with Crippen LogP contribution in [0.3, 0.4) is 0 Å². The highest BCUT2D eigenvalue weighted by molar-refractivity contribution is 5.79. The first-order valence-corrected chi connectivity index (χ1v) is 8.88. The van der Waals surface area contributed by atoms with Crippen molar-refractivity contribution in [3.05, 3.63) is 48.4 Å². The first-order valence-electron chi connectivity index (χ1n) is 8.88. The SMILES string of the molecule is O=C(C1CC=CCC1)N1CCN(Cc2cnc3ccccn23)CC1. The number of carbonyl (C=O) groups excluding carboxylic acids is 1. The van der Waals surface area contributed by atoms with Gasteiger partial charge in [-0.25, -0.2) is 4.98 Å². The Hall–Kier alpha value is -2.14. The molecule has 0 aromatic carbocycles. The van der Waals surface area contributed by atoms with E-state index in [4.69, 9.17) is 0 Å². The van der Waals surface area contributed by atoms with Crippen molar-refractivity contribution >= 4 is 11.6 Å². The summed E-state index contributed by atoms with van der Waals surface area (Å²) in [5.74, 6) is 0.564. The van der Waals surface area contributed by atoms with Gasteiger partial charge in [0.1, 0.15) is 5.65 Å². The molecule has 2 aliphatic rings. The van der Waals surface area contributed by atoms with Gasteiger partial charge in [0.2, 0.25) is 5.91 Å². The molecule has 0 saturated carbocycles. The maximum atomic E-state index is 12.6. The summed E-state index contributed by atoms with van der Waals surface area (Å²) >= 11 is 0. The minimum absolute atomic E-state index is 0.209. The number of carbonyl (C=O) groups is 1. The maximum Gasteiger partial charge on any atom is 0.226 e. The molecule has 2 aromatic rings. The Labute approximate surface area is 142 Å². The molecule has 5 nitrogen and oxygen atoms in total. The molecule has 5 heteroatoms. The van der Waals surface area contributed by atoms with Crippen LogP contribution >= 0.6 is 0 Å². The minimum atomic E-state index is 0.209. The third kappa shape index (κ3) is 3.08. The van der Waals surface area contributed by atoms with Gasteiger partial charge in [-0.15, -0.1) is 0 Å². The number of pyridine rings is 1. The van der Waals surface area contributed by atoms with Crippen LogP contribution in [0.4, 0.5) is 0 Å². The van der Waals surface area contributed by atoms with E-state index in [9.17, 15) is 4.79 Å². The van der Waals surface area contributed by atoms with Crippen molar-refractivity contribution in [2.45, 2.75) is 25.8 Å². The summed E-state index contributed by atoms with van der Waals surface area (Å²) in [6.07, 6.45) is 11.3. The predicted molar refractivity (Wildman–Crippen MR) is 93.5 cm³/mol. The monoisotopic (exact) mass is 324 g/mol. The number of aromatic nitrogens is 2. The number of fused-ring (bicyclic) bond motifs is 1. The summed E-state index contributed by atoms with van der Waals surface area (Å²) in [5.41, 5.74) is 2.20. The second-order valence-corrected chi connectivity index (χ2v) is 6.76. The van der Waals surface area contributed by atoms with Gasteiger partial charge in [-0.2, -0.15) is 0 Å². The lowest BCUT2D eigenvalue weighted by atomic mass is 9.93. The van der Waals surface area contributed by atoms with Crippen LogP contribution in [0, 0.1) is 5.92 Å². The molecule has 3 heterocycles. The molecule has 0 radical (unpaired) electrons. The van der Waals surface area contributed by atoms with Crippen LogP contribution in [-0.2, 0) is 11.3 Å². The van der Waals surface area contributed by atoms with Gasteiger partial charge in [0.05, 0.1) is 11.9 Å². The molecule has 1 aliphatic carbocycles. The highest BCUT2D eigenvalue weighted by Gasteiger charge is 2.27. The molecular formula is C19H24N4O. The smallest absolute Gasteiger partial charge is 0.226 e. The average molecular weight is 324 g/mol. The van der Waals surface area contributed by atoms with Crippen LogP contribution in [-0.4, -0.2) is 51.3 Å². The molecule has 2 aromatic heterocycles. The first-order chi connectivity index (χ1) is 11.8. The Bertz CT molecular complexity index is 743. The van der Waals surface area contributed by atoms with Crippen LogP contribution in [0.2, 0.25) is 0 Å². The van der Waals surface area contributed by atoms with Crippen molar-refractivity contribution in [2.75, 3.05) is 26.2 Å². The standard InChI is InChI=1S/C19H24N4O/c24-19(16-6-2-1-3-7-16)22-12-10-21(11-13-22)15-17-14-20-18-8-4-5-9-23(17)18/h1-2,4-5,8-9,14,16H,3,6-7,10-13,15H2. The molecular weight excluding hydrogens is 300 g/mol. The lowest BCUT2D eigenvalue weighted by molar-refractivity contribution is -0.137. The summed E-state index contributed by atoms with van der Waals surface area (Å²) in [7, 11) is 0. The third-order valence-electron chi connectivity index (χ3n) is 5.18. The molecule has 1 atom stereocenters. The minimum Gasteiger partial charge on any atom is -0.340 e. The molecule has 0 spiro atoms. The van der Waals surface area contributed by atoms with Gasteiger partial charge in [-0.05, 0) is 31.4 Å². The van der Waals surface area contributed by atoms with E-state index in [1.165, 1.54) is 5.69 Å². The van der Waals surface area contributed by atoms with E-state index in [0.717, 1.165) is 57.6 Å². The Morgan fingerprint density at radius 1 is 1.17 bits per heavy atom. The molecule has 126 valence electrons. The lowest BCUT2D eigenvalue weighted by Gasteiger charge is -2.36. The summed E-state index contributed by atoms with van der Waals surface area (Å²) in [4.78, 5) is 21.5. The van der Waals surface area contributed by atoms with Gasteiger partial charge >= 0.3 is 0 Å². The Morgan fingerprint density at radius 3 is 2.83 bits per heavy atom. The molecule has 0 bridgehead atoms. The zero-order valence-electron chi connectivity index (χ0n) is 14.0. The van der Waals surface area contributed by atoms with Crippen molar-refractivity contribution in [3.63, 3.8) is 0 Å². The number of hydrogen-bond donors (Lipinski definition) is 0. The Morgan fingerprint density at radius 2 is 2.04 bits per heavy atom. The van der Waals surface area contributed by atoms with E-state index in [0.29, 0.717) is 5.91 Å². The van der Waals surface area contributed by atoms with Gasteiger partial charge in [0.25, 0.3) is 0 Å². The summed E-state index contributed by atoms with van der Waals surface area (Å²) in [6, 6.07) is 6.07. The van der Waals surface area contributed by atoms with Gasteiger partial charge in [-0.3, -0.25) is 9.69 Å². The van der Waals surface area contributed by atoms with E-state index in [1.807, 2.05) is 24.4 Å². The molecule has 4 rings (SSSR count). The Kier molecular flexibility index (Phi) is 4.34. The molecule has 1 amide bonds. The van der Waals surface area contributed by atoms with E-state index < -0.39 is 0 Å². The topological polar surface area (TPSA) is 40.9 Å². The quantitative estimate of drug-likeness (QED) is 0.814. The number of rotatable bonds is 3. The molecule has 24 heavy (non-hydrogen) atoms. The number of hydrogen-bond acceptors (Lipinski definition) is 3. The normalized spacial score (nSPS) is 22.2. The van der Waals surface area contributed by atoms with E-state index >= 15 is 0 Å². The van der Waals surface area contributed by atoms with Crippen molar-refractivity contribution in [1.82, 2.24) is 19.2 Å². The molecule has 0 N–H and O–H groups in total. The van der Waals surface area contributed by atoms with E-state index in [1.54, 1.807) is 0 Å². The summed E-state index contributed by atoms with van der Waals surface area (Å²) in [5, 5.41) is 0. The van der Waals surface area contributed by atoms with Crippen LogP contribution in [0.25, 0.3) is 5.65 Å². The zero-order valence-corrected chi connectivity index (χ0v) is 14.0. The summed E-state index contributed by atoms with van der Waals surface area (Å²) in [6.45, 7) is 4.45. The molecule has 1 unspecified atom stereocenters. The predicted octanol–water partition coefficient (Wildman–Crippen LogP) is 2.33. The highest BCUT2D eigenvalue weighted by Crippen LogP contribution is 2.21. The molecule has 1 fully saturated rings. The Balaban J connectivity index is 1.34. The fourth-order valence-corrected chi connectivity index (χ4v) is 3.73. The third-order valence-corrected chi connectivity index (χ3v) is 5.18. The van der Waals surface area contributed by atoms with Crippen LogP contribution in [0.15, 0.2) is 42.7 Å². The van der Waals surface area contributed by atoms with Gasteiger partial charge in [-0.1, -0.05) is 18.2 Å². The number of piperazine rings is 1. The van der Waals surface area contributed by atoms with E-state index in [-0.39, 0.29) is 5.92 Å². The first kappa shape index (κ1) is 15.4. The van der Waals surface area contributed by atoms with Crippen LogP contribution < -0.4 is 0 Å². The number of allylic oxidation sites excluding steroid dienone is 2. The summed E-state index contributed by atoms with van der Waals surface area (Å²) < 4.78 is 2.14. The van der Waals surface area contributed by atoms with Crippen LogP contribution in [0.1, 0.15) is 25.0 Å².